The van der Waals surface area contributed by atoms with Gasteiger partial charge in [0.15, 0.2) is 0 Å². The first-order valence-electron chi connectivity index (χ1n) is 10.2. The standard InChI is InChI=1S/C20H24N6O5S2/c1-13-10-14(2)26-19(21-13)23-20(24-26)32-12-18(27)22-16-11-15(4-5-17(16)30-3)33(28,29)25-6-8-31-9-7-25/h4-5,10-11H,6-9,12H2,1-3H3,(H,22,27). The lowest BCUT2D eigenvalue weighted by atomic mass is 10.3. The van der Waals surface area contributed by atoms with Crippen molar-refractivity contribution < 1.29 is 22.7 Å². The molecule has 33 heavy (non-hydrogen) atoms. The number of benzene rings is 1. The number of morpholine rings is 1. The summed E-state index contributed by atoms with van der Waals surface area (Å²) in [4.78, 5) is 21.4. The zero-order valence-corrected chi connectivity index (χ0v) is 20.1. The van der Waals surface area contributed by atoms with Crippen LogP contribution in [0.1, 0.15) is 11.4 Å². The molecule has 0 spiro atoms. The molecule has 1 aromatic carbocycles. The first-order chi connectivity index (χ1) is 15.8. The summed E-state index contributed by atoms with van der Waals surface area (Å²) in [7, 11) is -2.26. The summed E-state index contributed by atoms with van der Waals surface area (Å²) in [5.74, 6) is 0.505. The molecule has 0 atom stereocenters. The molecule has 0 aliphatic carbocycles. The summed E-state index contributed by atoms with van der Waals surface area (Å²) in [5.41, 5.74) is 2.00. The van der Waals surface area contributed by atoms with Crippen LogP contribution in [0.3, 0.4) is 0 Å². The molecule has 1 N–H and O–H groups in total. The fourth-order valence-electron chi connectivity index (χ4n) is 3.41. The van der Waals surface area contributed by atoms with E-state index in [0.29, 0.717) is 29.9 Å². The van der Waals surface area contributed by atoms with Gasteiger partial charge in [-0.1, -0.05) is 11.8 Å². The van der Waals surface area contributed by atoms with Crippen molar-refractivity contribution in [3.8, 4) is 5.75 Å². The van der Waals surface area contributed by atoms with Gasteiger partial charge in [0.1, 0.15) is 5.75 Å². The van der Waals surface area contributed by atoms with Gasteiger partial charge in [-0.25, -0.2) is 17.9 Å². The Labute approximate surface area is 195 Å². The van der Waals surface area contributed by atoms with Gasteiger partial charge in [0.25, 0.3) is 5.78 Å². The van der Waals surface area contributed by atoms with E-state index in [-0.39, 0.29) is 35.3 Å². The Hall–Kier alpha value is -2.74. The largest absolute Gasteiger partial charge is 0.495 e. The highest BCUT2D eigenvalue weighted by Crippen LogP contribution is 2.29. The molecule has 176 valence electrons. The van der Waals surface area contributed by atoms with Gasteiger partial charge in [-0.05, 0) is 38.1 Å². The van der Waals surface area contributed by atoms with Gasteiger partial charge in [-0.2, -0.15) is 9.29 Å². The summed E-state index contributed by atoms with van der Waals surface area (Å²) < 4.78 is 39.4. The molecule has 2 aromatic heterocycles. The van der Waals surface area contributed by atoms with Crippen LogP contribution in [0.15, 0.2) is 34.3 Å². The van der Waals surface area contributed by atoms with Crippen molar-refractivity contribution in [2.45, 2.75) is 23.9 Å². The van der Waals surface area contributed by atoms with Crippen LogP contribution in [0.4, 0.5) is 5.69 Å². The average Bonchev–Trinajstić information content (AvgIpc) is 3.21. The predicted molar refractivity (Wildman–Crippen MR) is 122 cm³/mol. The van der Waals surface area contributed by atoms with E-state index in [2.05, 4.69) is 20.4 Å². The molecule has 1 aliphatic heterocycles. The Bertz CT molecular complexity index is 1290. The number of sulfonamides is 1. The lowest BCUT2D eigenvalue weighted by Crippen LogP contribution is -2.40. The number of amides is 1. The second-order valence-corrected chi connectivity index (χ2v) is 10.2. The van der Waals surface area contributed by atoms with Gasteiger partial charge >= 0.3 is 0 Å². The number of aromatic nitrogens is 4. The van der Waals surface area contributed by atoms with E-state index < -0.39 is 10.0 Å². The first-order valence-corrected chi connectivity index (χ1v) is 12.6. The molecule has 13 heteroatoms. The Morgan fingerprint density at radius 3 is 2.70 bits per heavy atom. The third-order valence-electron chi connectivity index (χ3n) is 4.98. The fraction of sp³-hybridized carbons (Fsp3) is 0.400. The number of carbonyl (C=O) groups is 1. The minimum atomic E-state index is -3.71. The molecule has 1 fully saturated rings. The smallest absolute Gasteiger partial charge is 0.253 e. The van der Waals surface area contributed by atoms with E-state index in [9.17, 15) is 13.2 Å². The maximum Gasteiger partial charge on any atom is 0.253 e. The fourth-order valence-corrected chi connectivity index (χ4v) is 5.46. The van der Waals surface area contributed by atoms with Crippen molar-refractivity contribution in [1.29, 1.82) is 0 Å². The van der Waals surface area contributed by atoms with Crippen LogP contribution in [-0.2, 0) is 19.6 Å². The van der Waals surface area contributed by atoms with Gasteiger partial charge in [0, 0.05) is 24.5 Å². The highest BCUT2D eigenvalue weighted by Gasteiger charge is 2.27. The molecule has 0 bridgehead atoms. The number of carbonyl (C=O) groups excluding carboxylic acids is 1. The minimum Gasteiger partial charge on any atom is -0.495 e. The normalized spacial score (nSPS) is 15.0. The number of hydrogen-bond donors (Lipinski definition) is 1. The molecule has 0 radical (unpaired) electrons. The number of fused-ring (bicyclic) bond motifs is 1. The number of methoxy groups -OCH3 is 1. The minimum absolute atomic E-state index is 0.0263. The summed E-state index contributed by atoms with van der Waals surface area (Å²) in [5, 5.41) is 7.52. The molecular weight excluding hydrogens is 468 g/mol. The number of nitrogens with zero attached hydrogens (tertiary/aromatic N) is 5. The summed E-state index contributed by atoms with van der Waals surface area (Å²) in [6, 6.07) is 6.29. The van der Waals surface area contributed by atoms with E-state index in [4.69, 9.17) is 9.47 Å². The average molecular weight is 493 g/mol. The van der Waals surface area contributed by atoms with Crippen LogP contribution in [0.2, 0.25) is 0 Å². The predicted octanol–water partition coefficient (Wildman–Crippen LogP) is 1.50. The Morgan fingerprint density at radius 1 is 1.21 bits per heavy atom. The van der Waals surface area contributed by atoms with Crippen molar-refractivity contribution >= 4 is 39.2 Å². The molecule has 0 unspecified atom stereocenters. The molecule has 11 nitrogen and oxygen atoms in total. The zero-order chi connectivity index (χ0) is 23.6. The number of anilines is 1. The molecule has 1 amide bonds. The van der Waals surface area contributed by atoms with Crippen molar-refractivity contribution in [1.82, 2.24) is 23.9 Å². The molecule has 0 saturated carbocycles. The van der Waals surface area contributed by atoms with Crippen LogP contribution in [0.5, 0.6) is 5.75 Å². The van der Waals surface area contributed by atoms with Crippen LogP contribution in [-0.4, -0.2) is 77.4 Å². The van der Waals surface area contributed by atoms with Crippen LogP contribution in [0, 0.1) is 13.8 Å². The monoisotopic (exact) mass is 492 g/mol. The number of ether oxygens (including phenoxy) is 2. The zero-order valence-electron chi connectivity index (χ0n) is 18.4. The Kier molecular flexibility index (Phi) is 6.83. The molecule has 3 aromatic rings. The van der Waals surface area contributed by atoms with Gasteiger partial charge in [-0.3, -0.25) is 4.79 Å². The van der Waals surface area contributed by atoms with E-state index in [0.717, 1.165) is 23.1 Å². The van der Waals surface area contributed by atoms with Crippen molar-refractivity contribution in [3.63, 3.8) is 0 Å². The number of thioether (sulfide) groups is 1. The van der Waals surface area contributed by atoms with Gasteiger partial charge < -0.3 is 14.8 Å². The van der Waals surface area contributed by atoms with Gasteiger partial charge in [-0.15, -0.1) is 5.10 Å². The molecule has 1 aliphatic rings. The van der Waals surface area contributed by atoms with E-state index in [1.807, 2.05) is 19.9 Å². The quantitative estimate of drug-likeness (QED) is 0.488. The Morgan fingerprint density at radius 2 is 1.97 bits per heavy atom. The lowest BCUT2D eigenvalue weighted by Gasteiger charge is -2.26. The second kappa shape index (κ2) is 9.63. The summed E-state index contributed by atoms with van der Waals surface area (Å²) in [6.07, 6.45) is 0. The molecule has 3 heterocycles. The lowest BCUT2D eigenvalue weighted by molar-refractivity contribution is -0.113. The maximum atomic E-state index is 13.0. The van der Waals surface area contributed by atoms with Gasteiger partial charge in [0.2, 0.25) is 21.1 Å². The number of rotatable bonds is 7. The molecular formula is C20H24N6O5S2. The van der Waals surface area contributed by atoms with E-state index in [1.165, 1.54) is 29.6 Å². The van der Waals surface area contributed by atoms with Crippen molar-refractivity contribution in [2.75, 3.05) is 44.5 Å². The van der Waals surface area contributed by atoms with Gasteiger partial charge in [0.05, 0.1) is 36.7 Å². The highest BCUT2D eigenvalue weighted by atomic mass is 32.2. The molecule has 4 rings (SSSR count). The third-order valence-corrected chi connectivity index (χ3v) is 7.72. The van der Waals surface area contributed by atoms with E-state index >= 15 is 0 Å². The van der Waals surface area contributed by atoms with Crippen molar-refractivity contribution in [2.24, 2.45) is 0 Å². The van der Waals surface area contributed by atoms with Crippen LogP contribution < -0.4 is 10.1 Å². The number of hydrogen-bond acceptors (Lipinski definition) is 9. The first kappa shape index (κ1) is 23.4. The SMILES string of the molecule is COc1ccc(S(=O)(=O)N2CCOCC2)cc1NC(=O)CSc1nc2nc(C)cc(C)n2n1. The Balaban J connectivity index is 1.48. The third kappa shape index (κ3) is 5.11. The topological polar surface area (TPSA) is 128 Å². The summed E-state index contributed by atoms with van der Waals surface area (Å²) >= 11 is 1.16. The van der Waals surface area contributed by atoms with Crippen molar-refractivity contribution in [3.05, 3.63) is 35.7 Å². The summed E-state index contributed by atoms with van der Waals surface area (Å²) in [6.45, 7) is 5.05. The number of nitrogens with one attached hydrogen (secondary N) is 1. The number of aryl methyl sites for hydroxylation is 2. The van der Waals surface area contributed by atoms with Crippen LogP contribution in [0.25, 0.3) is 5.78 Å². The second-order valence-electron chi connectivity index (χ2n) is 7.36. The maximum absolute atomic E-state index is 13.0. The van der Waals surface area contributed by atoms with E-state index in [1.54, 1.807) is 4.52 Å². The molecule has 1 saturated heterocycles. The van der Waals surface area contributed by atoms with Crippen LogP contribution >= 0.6 is 11.8 Å². The highest BCUT2D eigenvalue weighted by molar-refractivity contribution is 7.99.